The van der Waals surface area contributed by atoms with Crippen molar-refractivity contribution < 1.29 is 9.59 Å². The number of nitrogens with one attached hydrogen (secondary N) is 2. The van der Waals surface area contributed by atoms with Crippen molar-refractivity contribution in [3.05, 3.63) is 30.1 Å². The average Bonchev–Trinajstić information content (AvgIpc) is 3.22. The van der Waals surface area contributed by atoms with Gasteiger partial charge in [0.15, 0.2) is 0 Å². The molecule has 1 aliphatic rings. The van der Waals surface area contributed by atoms with Crippen LogP contribution in [-0.4, -0.2) is 27.4 Å². The number of aromatic nitrogens is 2. The highest BCUT2D eigenvalue weighted by Crippen LogP contribution is 2.19. The van der Waals surface area contributed by atoms with Crippen molar-refractivity contribution in [3.63, 3.8) is 0 Å². The zero-order valence-electron chi connectivity index (χ0n) is 14.8. The SMILES string of the molecule is CCCC(=O)NCc1nc2ccccc2n1CC(=O)NC1CCCC1. The maximum atomic E-state index is 12.5. The summed E-state index contributed by atoms with van der Waals surface area (Å²) >= 11 is 0. The van der Waals surface area contributed by atoms with Crippen molar-refractivity contribution in [1.29, 1.82) is 0 Å². The van der Waals surface area contributed by atoms with Gasteiger partial charge in [0.25, 0.3) is 0 Å². The molecule has 134 valence electrons. The Morgan fingerprint density at radius 1 is 1.20 bits per heavy atom. The summed E-state index contributed by atoms with van der Waals surface area (Å²) in [6, 6.07) is 8.06. The lowest BCUT2D eigenvalue weighted by Crippen LogP contribution is -2.35. The first-order chi connectivity index (χ1) is 12.2. The molecule has 0 saturated heterocycles. The van der Waals surface area contributed by atoms with E-state index in [1.165, 1.54) is 12.8 Å². The van der Waals surface area contributed by atoms with Crippen LogP contribution >= 0.6 is 0 Å². The molecular weight excluding hydrogens is 316 g/mol. The molecule has 6 heteroatoms. The van der Waals surface area contributed by atoms with Crippen LogP contribution < -0.4 is 10.6 Å². The highest BCUT2D eigenvalue weighted by Gasteiger charge is 2.19. The number of nitrogens with zero attached hydrogens (tertiary/aromatic N) is 2. The number of hydrogen-bond acceptors (Lipinski definition) is 3. The van der Waals surface area contributed by atoms with Gasteiger partial charge < -0.3 is 15.2 Å². The molecule has 1 heterocycles. The van der Waals surface area contributed by atoms with Crippen LogP contribution in [0.1, 0.15) is 51.3 Å². The minimum Gasteiger partial charge on any atom is -0.352 e. The summed E-state index contributed by atoms with van der Waals surface area (Å²) in [5.41, 5.74) is 1.76. The van der Waals surface area contributed by atoms with Crippen LogP contribution in [0.2, 0.25) is 0 Å². The third-order valence-corrected chi connectivity index (χ3v) is 4.68. The Kier molecular flexibility index (Phi) is 5.68. The Morgan fingerprint density at radius 3 is 2.72 bits per heavy atom. The molecule has 1 aliphatic carbocycles. The molecule has 25 heavy (non-hydrogen) atoms. The van der Waals surface area contributed by atoms with Gasteiger partial charge in [0, 0.05) is 12.5 Å². The molecule has 0 spiro atoms. The average molecular weight is 342 g/mol. The first-order valence-electron chi connectivity index (χ1n) is 9.17. The zero-order valence-corrected chi connectivity index (χ0v) is 14.8. The third kappa shape index (κ3) is 4.38. The summed E-state index contributed by atoms with van der Waals surface area (Å²) in [4.78, 5) is 28.8. The number of benzene rings is 1. The lowest BCUT2D eigenvalue weighted by atomic mass is 10.2. The molecule has 1 saturated carbocycles. The van der Waals surface area contributed by atoms with Crippen molar-refractivity contribution in [3.8, 4) is 0 Å². The fraction of sp³-hybridized carbons (Fsp3) is 0.526. The Labute approximate surface area is 148 Å². The fourth-order valence-corrected chi connectivity index (χ4v) is 3.42. The van der Waals surface area contributed by atoms with Gasteiger partial charge >= 0.3 is 0 Å². The zero-order chi connectivity index (χ0) is 17.6. The Bertz CT molecular complexity index is 747. The van der Waals surface area contributed by atoms with E-state index in [-0.39, 0.29) is 18.4 Å². The Morgan fingerprint density at radius 2 is 1.96 bits per heavy atom. The van der Waals surface area contributed by atoms with Crippen molar-refractivity contribution in [2.45, 2.75) is 64.6 Å². The van der Waals surface area contributed by atoms with Crippen LogP contribution in [0.15, 0.2) is 24.3 Å². The number of rotatable bonds is 7. The summed E-state index contributed by atoms with van der Waals surface area (Å²) in [7, 11) is 0. The molecular formula is C19H26N4O2. The van der Waals surface area contributed by atoms with Gasteiger partial charge in [-0.3, -0.25) is 9.59 Å². The molecule has 3 rings (SSSR count). The molecule has 2 N–H and O–H groups in total. The standard InChI is InChI=1S/C19H26N4O2/c1-2-7-18(24)20-12-17-22-15-10-5-6-11-16(15)23(17)13-19(25)21-14-8-3-4-9-14/h5-6,10-11,14H,2-4,7-9,12-13H2,1H3,(H,20,24)(H,21,25). The van der Waals surface area contributed by atoms with Crippen LogP contribution in [0.3, 0.4) is 0 Å². The van der Waals surface area contributed by atoms with E-state index in [1.54, 1.807) is 0 Å². The second-order valence-electron chi connectivity index (χ2n) is 6.68. The number of para-hydroxylation sites is 2. The van der Waals surface area contributed by atoms with E-state index < -0.39 is 0 Å². The number of carbonyl (C=O) groups excluding carboxylic acids is 2. The van der Waals surface area contributed by atoms with Crippen molar-refractivity contribution in [2.75, 3.05) is 0 Å². The van der Waals surface area contributed by atoms with Crippen LogP contribution in [0.25, 0.3) is 11.0 Å². The predicted octanol–water partition coefficient (Wildman–Crippen LogP) is 2.51. The van der Waals surface area contributed by atoms with E-state index in [0.717, 1.165) is 30.3 Å². The number of imidazole rings is 1. The minimum absolute atomic E-state index is 0.0104. The van der Waals surface area contributed by atoms with Gasteiger partial charge in [-0.15, -0.1) is 0 Å². The van der Waals surface area contributed by atoms with Gasteiger partial charge in [-0.25, -0.2) is 4.98 Å². The number of fused-ring (bicyclic) bond motifs is 1. The maximum Gasteiger partial charge on any atom is 0.240 e. The highest BCUT2D eigenvalue weighted by molar-refractivity contribution is 5.81. The van der Waals surface area contributed by atoms with Crippen LogP contribution in [0.4, 0.5) is 0 Å². The smallest absolute Gasteiger partial charge is 0.240 e. The molecule has 1 aromatic heterocycles. The number of carbonyl (C=O) groups is 2. The summed E-state index contributed by atoms with van der Waals surface area (Å²) in [6.07, 6.45) is 5.82. The largest absolute Gasteiger partial charge is 0.352 e. The van der Waals surface area contributed by atoms with Gasteiger partial charge in [0.1, 0.15) is 12.4 Å². The molecule has 0 aliphatic heterocycles. The third-order valence-electron chi connectivity index (χ3n) is 4.68. The molecule has 6 nitrogen and oxygen atoms in total. The van der Waals surface area contributed by atoms with Gasteiger partial charge in [0.05, 0.1) is 17.6 Å². The highest BCUT2D eigenvalue weighted by atomic mass is 16.2. The second kappa shape index (κ2) is 8.14. The van der Waals surface area contributed by atoms with E-state index in [9.17, 15) is 9.59 Å². The molecule has 0 unspecified atom stereocenters. The van der Waals surface area contributed by atoms with Gasteiger partial charge in [-0.2, -0.15) is 0 Å². The maximum absolute atomic E-state index is 12.5. The number of hydrogen-bond donors (Lipinski definition) is 2. The molecule has 0 atom stereocenters. The topological polar surface area (TPSA) is 76.0 Å². The van der Waals surface area contributed by atoms with E-state index in [1.807, 2.05) is 35.8 Å². The quantitative estimate of drug-likeness (QED) is 0.812. The van der Waals surface area contributed by atoms with E-state index in [2.05, 4.69) is 15.6 Å². The molecule has 0 bridgehead atoms. The van der Waals surface area contributed by atoms with Crippen LogP contribution in [-0.2, 0) is 22.7 Å². The minimum atomic E-state index is 0.0104. The summed E-state index contributed by atoms with van der Waals surface area (Å²) in [6.45, 7) is 2.54. The normalized spacial score (nSPS) is 14.8. The fourth-order valence-electron chi connectivity index (χ4n) is 3.42. The first-order valence-corrected chi connectivity index (χ1v) is 9.17. The molecule has 2 amide bonds. The first kappa shape index (κ1) is 17.5. The van der Waals surface area contributed by atoms with Gasteiger partial charge in [0.2, 0.25) is 11.8 Å². The van der Waals surface area contributed by atoms with Gasteiger partial charge in [-0.1, -0.05) is 31.9 Å². The Hall–Kier alpha value is -2.37. The van der Waals surface area contributed by atoms with Crippen LogP contribution in [0, 0.1) is 0 Å². The lowest BCUT2D eigenvalue weighted by Gasteiger charge is -2.14. The van der Waals surface area contributed by atoms with Crippen molar-refractivity contribution in [1.82, 2.24) is 20.2 Å². The van der Waals surface area contributed by atoms with Crippen molar-refractivity contribution in [2.24, 2.45) is 0 Å². The summed E-state index contributed by atoms with van der Waals surface area (Å²) < 4.78 is 1.91. The van der Waals surface area contributed by atoms with Gasteiger partial charge in [-0.05, 0) is 31.4 Å². The lowest BCUT2D eigenvalue weighted by molar-refractivity contribution is -0.122. The van der Waals surface area contributed by atoms with E-state index >= 15 is 0 Å². The van der Waals surface area contributed by atoms with E-state index in [4.69, 9.17) is 0 Å². The molecule has 2 aromatic rings. The van der Waals surface area contributed by atoms with Crippen LogP contribution in [0.5, 0.6) is 0 Å². The van der Waals surface area contributed by atoms with E-state index in [0.29, 0.717) is 24.8 Å². The second-order valence-corrected chi connectivity index (χ2v) is 6.68. The molecule has 0 radical (unpaired) electrons. The predicted molar refractivity (Wildman–Crippen MR) is 96.9 cm³/mol. The molecule has 1 fully saturated rings. The monoisotopic (exact) mass is 342 g/mol. The van der Waals surface area contributed by atoms with Crippen molar-refractivity contribution >= 4 is 22.8 Å². The number of amides is 2. The molecule has 1 aromatic carbocycles. The summed E-state index contributed by atoms with van der Waals surface area (Å²) in [5.74, 6) is 0.736. The summed E-state index contributed by atoms with van der Waals surface area (Å²) in [5, 5.41) is 6.01. The Balaban J connectivity index is 1.75.